The standard InChI is InChI=1S/C7H9BINO/c1-8(11)10-7-5-3-2-4-6(7)9/h2-5,10-11H,1H3. The van der Waals surface area contributed by atoms with Gasteiger partial charge in [0.2, 0.25) is 0 Å². The fraction of sp³-hybridized carbons (Fsp3) is 0.143. The summed E-state index contributed by atoms with van der Waals surface area (Å²) in [5.41, 5.74) is 0.975. The first kappa shape index (κ1) is 8.87. The van der Waals surface area contributed by atoms with Gasteiger partial charge < -0.3 is 10.3 Å². The average molecular weight is 261 g/mol. The lowest BCUT2D eigenvalue weighted by molar-refractivity contribution is 0.587. The van der Waals surface area contributed by atoms with Crippen molar-refractivity contribution in [1.82, 2.24) is 0 Å². The minimum absolute atomic E-state index is 0.495. The van der Waals surface area contributed by atoms with Crippen molar-refractivity contribution in [3.05, 3.63) is 27.8 Å². The zero-order valence-corrected chi connectivity index (χ0v) is 8.37. The second kappa shape index (κ2) is 3.97. The summed E-state index contributed by atoms with van der Waals surface area (Å²) in [5, 5.41) is 11.9. The number of hydrogen-bond donors (Lipinski definition) is 2. The summed E-state index contributed by atoms with van der Waals surface area (Å²) in [5.74, 6) is 0. The van der Waals surface area contributed by atoms with Gasteiger partial charge in [-0.05, 0) is 41.5 Å². The molecule has 1 aromatic rings. The van der Waals surface area contributed by atoms with Crippen molar-refractivity contribution < 1.29 is 5.02 Å². The zero-order valence-electron chi connectivity index (χ0n) is 6.21. The number of rotatable bonds is 2. The van der Waals surface area contributed by atoms with Crippen LogP contribution in [-0.2, 0) is 0 Å². The summed E-state index contributed by atoms with van der Waals surface area (Å²) in [6.45, 7) is 1.70. The van der Waals surface area contributed by atoms with Gasteiger partial charge in [0.05, 0.1) is 0 Å². The van der Waals surface area contributed by atoms with Crippen molar-refractivity contribution in [2.24, 2.45) is 0 Å². The van der Waals surface area contributed by atoms with E-state index in [0.717, 1.165) is 9.26 Å². The molecular weight excluding hydrogens is 252 g/mol. The minimum Gasteiger partial charge on any atom is -0.433 e. The van der Waals surface area contributed by atoms with Gasteiger partial charge in [-0.2, -0.15) is 0 Å². The fourth-order valence-corrected chi connectivity index (χ4v) is 1.35. The Labute approximate surface area is 80.3 Å². The van der Waals surface area contributed by atoms with Crippen LogP contribution in [0, 0.1) is 3.57 Å². The van der Waals surface area contributed by atoms with Crippen molar-refractivity contribution in [1.29, 1.82) is 0 Å². The molecule has 0 saturated heterocycles. The van der Waals surface area contributed by atoms with Crippen LogP contribution in [0.2, 0.25) is 6.82 Å². The van der Waals surface area contributed by atoms with Crippen molar-refractivity contribution >= 4 is 35.3 Å². The summed E-state index contributed by atoms with van der Waals surface area (Å²) >= 11 is 2.22. The normalized spacial score (nSPS) is 9.36. The van der Waals surface area contributed by atoms with Crippen molar-refractivity contribution in [3.63, 3.8) is 0 Å². The van der Waals surface area contributed by atoms with E-state index in [-0.39, 0.29) is 0 Å². The highest BCUT2D eigenvalue weighted by Crippen LogP contribution is 2.16. The lowest BCUT2D eigenvalue weighted by Gasteiger charge is -2.07. The van der Waals surface area contributed by atoms with Crippen LogP contribution >= 0.6 is 22.6 Å². The molecule has 2 nitrogen and oxygen atoms in total. The van der Waals surface area contributed by atoms with E-state index in [2.05, 4.69) is 27.8 Å². The van der Waals surface area contributed by atoms with Gasteiger partial charge in [-0.3, -0.25) is 0 Å². The molecule has 1 rings (SSSR count). The van der Waals surface area contributed by atoms with Crippen LogP contribution in [0.3, 0.4) is 0 Å². The Morgan fingerprint density at radius 2 is 2.09 bits per heavy atom. The largest absolute Gasteiger partial charge is 0.433 e. The molecule has 0 radical (unpaired) electrons. The maximum Gasteiger partial charge on any atom is 0.406 e. The molecule has 0 heterocycles. The molecule has 0 atom stereocenters. The second-order valence-corrected chi connectivity index (χ2v) is 3.46. The molecule has 1 aromatic carbocycles. The highest BCUT2D eigenvalue weighted by molar-refractivity contribution is 14.1. The van der Waals surface area contributed by atoms with Crippen LogP contribution in [0.1, 0.15) is 0 Å². The fourth-order valence-electron chi connectivity index (χ4n) is 0.803. The van der Waals surface area contributed by atoms with Gasteiger partial charge in [0.1, 0.15) is 0 Å². The summed E-state index contributed by atoms with van der Waals surface area (Å²) in [6.07, 6.45) is 0. The molecule has 0 aliphatic heterocycles. The van der Waals surface area contributed by atoms with Gasteiger partial charge in [0, 0.05) is 9.26 Å². The Bertz CT molecular complexity index is 242. The molecule has 0 saturated carbocycles. The highest BCUT2D eigenvalue weighted by atomic mass is 127. The smallest absolute Gasteiger partial charge is 0.406 e. The number of halogens is 1. The Balaban J connectivity index is 2.78. The number of anilines is 1. The molecule has 0 fully saturated rings. The molecule has 4 heteroatoms. The topological polar surface area (TPSA) is 32.3 Å². The summed E-state index contributed by atoms with van der Waals surface area (Å²) < 4.78 is 1.12. The quantitative estimate of drug-likeness (QED) is 0.628. The predicted octanol–water partition coefficient (Wildman–Crippen LogP) is 1.81. The third-order valence-electron chi connectivity index (χ3n) is 1.24. The Kier molecular flexibility index (Phi) is 3.20. The molecule has 11 heavy (non-hydrogen) atoms. The van der Waals surface area contributed by atoms with E-state index in [4.69, 9.17) is 5.02 Å². The van der Waals surface area contributed by atoms with Crippen molar-refractivity contribution in [2.75, 3.05) is 5.23 Å². The summed E-state index contributed by atoms with van der Waals surface area (Å²) in [7, 11) is -0.495. The van der Waals surface area contributed by atoms with Crippen molar-refractivity contribution in [3.8, 4) is 0 Å². The Morgan fingerprint density at radius 3 is 2.64 bits per heavy atom. The average Bonchev–Trinajstić information content (AvgIpc) is 1.93. The molecule has 0 aromatic heterocycles. The maximum absolute atomic E-state index is 9.02. The van der Waals surface area contributed by atoms with Gasteiger partial charge >= 0.3 is 7.05 Å². The molecule has 58 valence electrons. The Morgan fingerprint density at radius 1 is 1.45 bits per heavy atom. The van der Waals surface area contributed by atoms with E-state index in [1.165, 1.54) is 0 Å². The molecular formula is C7H9BINO. The van der Waals surface area contributed by atoms with E-state index < -0.39 is 7.05 Å². The Hall–Kier alpha value is -0.225. The zero-order chi connectivity index (χ0) is 8.27. The van der Waals surface area contributed by atoms with Gasteiger partial charge in [-0.15, -0.1) is 0 Å². The number of hydrogen-bond acceptors (Lipinski definition) is 2. The number of benzene rings is 1. The third-order valence-corrected chi connectivity index (χ3v) is 2.18. The van der Waals surface area contributed by atoms with Crippen molar-refractivity contribution in [2.45, 2.75) is 6.82 Å². The SMILES string of the molecule is CB(O)Nc1ccccc1I. The van der Waals surface area contributed by atoms with Gasteiger partial charge in [0.15, 0.2) is 0 Å². The van der Waals surface area contributed by atoms with Crippen LogP contribution in [0.15, 0.2) is 24.3 Å². The van der Waals surface area contributed by atoms with E-state index in [1.54, 1.807) is 6.82 Å². The number of nitrogens with one attached hydrogen (secondary N) is 1. The first-order valence-electron chi connectivity index (χ1n) is 3.39. The van der Waals surface area contributed by atoms with E-state index >= 15 is 0 Å². The molecule has 2 N–H and O–H groups in total. The third kappa shape index (κ3) is 2.71. The predicted molar refractivity (Wildman–Crippen MR) is 56.6 cm³/mol. The van der Waals surface area contributed by atoms with Crippen LogP contribution in [0.4, 0.5) is 5.69 Å². The lowest BCUT2D eigenvalue weighted by Crippen LogP contribution is -2.19. The van der Waals surface area contributed by atoms with Crippen LogP contribution < -0.4 is 5.23 Å². The van der Waals surface area contributed by atoms with E-state index in [9.17, 15) is 0 Å². The summed E-state index contributed by atoms with van der Waals surface area (Å²) in [6, 6.07) is 7.83. The molecule has 0 spiro atoms. The molecule has 0 aliphatic carbocycles. The number of para-hydroxylation sites is 1. The highest BCUT2D eigenvalue weighted by Gasteiger charge is 2.03. The second-order valence-electron chi connectivity index (χ2n) is 2.30. The molecule has 0 bridgehead atoms. The van der Waals surface area contributed by atoms with Crippen LogP contribution in [0.25, 0.3) is 0 Å². The first-order valence-corrected chi connectivity index (χ1v) is 4.47. The van der Waals surface area contributed by atoms with Gasteiger partial charge in [-0.25, -0.2) is 0 Å². The van der Waals surface area contributed by atoms with E-state index in [0.29, 0.717) is 0 Å². The molecule has 0 unspecified atom stereocenters. The summed E-state index contributed by atoms with van der Waals surface area (Å²) in [4.78, 5) is 0. The van der Waals surface area contributed by atoms with Gasteiger partial charge in [0.25, 0.3) is 0 Å². The van der Waals surface area contributed by atoms with Crippen LogP contribution in [0.5, 0.6) is 0 Å². The lowest BCUT2D eigenvalue weighted by atomic mass is 9.88. The maximum atomic E-state index is 9.02. The monoisotopic (exact) mass is 261 g/mol. The molecule has 0 amide bonds. The van der Waals surface area contributed by atoms with Gasteiger partial charge in [-0.1, -0.05) is 12.1 Å². The van der Waals surface area contributed by atoms with Crippen LogP contribution in [-0.4, -0.2) is 12.1 Å². The van der Waals surface area contributed by atoms with E-state index in [1.807, 2.05) is 24.3 Å². The molecule has 0 aliphatic rings. The first-order chi connectivity index (χ1) is 5.20. The minimum atomic E-state index is -0.495.